The molecule has 17 heavy (non-hydrogen) atoms. The lowest BCUT2D eigenvalue weighted by atomic mass is 9.84. The second kappa shape index (κ2) is 4.67. The molecule has 1 aromatic rings. The molecule has 92 valence electrons. The van der Waals surface area contributed by atoms with Crippen LogP contribution < -0.4 is 5.32 Å². The third-order valence-electron chi connectivity index (χ3n) is 4.14. The van der Waals surface area contributed by atoms with Crippen LogP contribution >= 0.6 is 0 Å². The highest BCUT2D eigenvalue weighted by Crippen LogP contribution is 2.27. The number of phenols is 1. The summed E-state index contributed by atoms with van der Waals surface area (Å²) in [5.74, 6) is 1.22. The Kier molecular flexibility index (Phi) is 3.04. The second-order valence-corrected chi connectivity index (χ2v) is 5.30. The third kappa shape index (κ3) is 2.45. The van der Waals surface area contributed by atoms with Crippen molar-refractivity contribution in [2.24, 2.45) is 5.92 Å². The quantitative estimate of drug-likeness (QED) is 0.830. The maximum atomic E-state index is 9.42. The fourth-order valence-electron chi connectivity index (χ4n) is 3.11. The van der Waals surface area contributed by atoms with Gasteiger partial charge in [-0.15, -0.1) is 0 Å². The Morgan fingerprint density at radius 2 is 2.12 bits per heavy atom. The molecule has 0 aromatic heterocycles. The molecule has 3 aliphatic heterocycles. The van der Waals surface area contributed by atoms with Gasteiger partial charge in [-0.25, -0.2) is 0 Å². The van der Waals surface area contributed by atoms with Gasteiger partial charge in [0, 0.05) is 19.1 Å². The van der Waals surface area contributed by atoms with Gasteiger partial charge in [0.15, 0.2) is 0 Å². The van der Waals surface area contributed by atoms with Gasteiger partial charge in [0.1, 0.15) is 5.75 Å². The zero-order valence-corrected chi connectivity index (χ0v) is 10.1. The van der Waals surface area contributed by atoms with E-state index in [0.29, 0.717) is 11.8 Å². The molecular weight excluding hydrogens is 212 g/mol. The summed E-state index contributed by atoms with van der Waals surface area (Å²) in [4.78, 5) is 2.56. The summed E-state index contributed by atoms with van der Waals surface area (Å²) in [6.45, 7) is 4.64. The van der Waals surface area contributed by atoms with E-state index in [1.165, 1.54) is 38.0 Å². The van der Waals surface area contributed by atoms with E-state index in [4.69, 9.17) is 0 Å². The standard InChI is InChI=1S/C14H20N2O/c17-13-3-1-2-11(8-13)9-15-14-10-16-6-4-12(14)5-7-16/h1-3,8,12,14-15,17H,4-7,9-10H2. The highest BCUT2D eigenvalue weighted by atomic mass is 16.3. The van der Waals surface area contributed by atoms with Gasteiger partial charge in [0.25, 0.3) is 0 Å². The van der Waals surface area contributed by atoms with E-state index in [0.717, 1.165) is 12.5 Å². The lowest BCUT2D eigenvalue weighted by Crippen LogP contribution is -2.55. The summed E-state index contributed by atoms with van der Waals surface area (Å²) < 4.78 is 0. The molecule has 3 fully saturated rings. The molecule has 3 heteroatoms. The van der Waals surface area contributed by atoms with Crippen molar-refractivity contribution in [1.82, 2.24) is 10.2 Å². The van der Waals surface area contributed by atoms with Crippen LogP contribution in [0.4, 0.5) is 0 Å². The van der Waals surface area contributed by atoms with E-state index in [2.05, 4.69) is 16.3 Å². The second-order valence-electron chi connectivity index (χ2n) is 5.30. The van der Waals surface area contributed by atoms with Crippen molar-refractivity contribution in [2.75, 3.05) is 19.6 Å². The first kappa shape index (κ1) is 11.1. The van der Waals surface area contributed by atoms with Gasteiger partial charge < -0.3 is 15.3 Å². The van der Waals surface area contributed by atoms with Crippen molar-refractivity contribution in [3.8, 4) is 5.75 Å². The average molecular weight is 232 g/mol. The van der Waals surface area contributed by atoms with Gasteiger partial charge in [0.2, 0.25) is 0 Å². The molecule has 2 N–H and O–H groups in total. The maximum Gasteiger partial charge on any atom is 0.115 e. The molecule has 3 saturated heterocycles. The summed E-state index contributed by atoms with van der Waals surface area (Å²) in [6.07, 6.45) is 2.69. The van der Waals surface area contributed by atoms with E-state index in [-0.39, 0.29) is 0 Å². The average Bonchev–Trinajstić information content (AvgIpc) is 2.38. The minimum Gasteiger partial charge on any atom is -0.508 e. The highest BCUT2D eigenvalue weighted by Gasteiger charge is 2.33. The van der Waals surface area contributed by atoms with Gasteiger partial charge in [-0.2, -0.15) is 0 Å². The van der Waals surface area contributed by atoms with Crippen LogP contribution in [0.2, 0.25) is 0 Å². The first-order chi connectivity index (χ1) is 8.31. The number of phenolic OH excluding ortho intramolecular Hbond substituents is 1. The summed E-state index contributed by atoms with van der Waals surface area (Å²) in [5.41, 5.74) is 1.17. The normalized spacial score (nSPS) is 31.6. The monoisotopic (exact) mass is 232 g/mol. The molecule has 0 spiro atoms. The van der Waals surface area contributed by atoms with Gasteiger partial charge in [-0.05, 0) is 49.5 Å². The number of fused-ring (bicyclic) bond motifs is 3. The van der Waals surface area contributed by atoms with Crippen LogP contribution in [-0.2, 0) is 6.54 Å². The zero-order valence-electron chi connectivity index (χ0n) is 10.1. The minimum atomic E-state index is 0.359. The summed E-state index contributed by atoms with van der Waals surface area (Å²) in [6, 6.07) is 8.17. The zero-order chi connectivity index (χ0) is 11.7. The van der Waals surface area contributed by atoms with Crippen LogP contribution in [0.5, 0.6) is 5.75 Å². The Hall–Kier alpha value is -1.06. The van der Waals surface area contributed by atoms with Crippen LogP contribution in [0.15, 0.2) is 24.3 Å². The fraction of sp³-hybridized carbons (Fsp3) is 0.571. The van der Waals surface area contributed by atoms with Crippen molar-refractivity contribution in [3.05, 3.63) is 29.8 Å². The maximum absolute atomic E-state index is 9.42. The Labute approximate surface area is 102 Å². The van der Waals surface area contributed by atoms with Gasteiger partial charge in [0.05, 0.1) is 0 Å². The highest BCUT2D eigenvalue weighted by molar-refractivity contribution is 5.27. The molecule has 0 aliphatic carbocycles. The number of nitrogens with one attached hydrogen (secondary N) is 1. The van der Waals surface area contributed by atoms with E-state index in [1.807, 2.05) is 12.1 Å². The number of hydrogen-bond acceptors (Lipinski definition) is 3. The van der Waals surface area contributed by atoms with E-state index in [9.17, 15) is 5.11 Å². The number of benzene rings is 1. The first-order valence-electron chi connectivity index (χ1n) is 6.55. The van der Waals surface area contributed by atoms with Crippen molar-refractivity contribution >= 4 is 0 Å². The van der Waals surface area contributed by atoms with Crippen molar-refractivity contribution in [3.63, 3.8) is 0 Å². The van der Waals surface area contributed by atoms with Gasteiger partial charge in [-0.1, -0.05) is 12.1 Å². The molecule has 4 rings (SSSR count). The van der Waals surface area contributed by atoms with Gasteiger partial charge >= 0.3 is 0 Å². The lowest BCUT2D eigenvalue weighted by molar-refractivity contribution is 0.0720. The molecule has 1 aromatic carbocycles. The molecule has 1 atom stereocenters. The Balaban J connectivity index is 1.57. The number of hydrogen-bond donors (Lipinski definition) is 2. The number of aromatic hydroxyl groups is 1. The molecule has 3 aliphatic rings. The Bertz CT molecular complexity index is 386. The Morgan fingerprint density at radius 3 is 2.76 bits per heavy atom. The molecule has 1 unspecified atom stereocenters. The van der Waals surface area contributed by atoms with Crippen LogP contribution in [0.3, 0.4) is 0 Å². The molecule has 0 radical (unpaired) electrons. The SMILES string of the molecule is Oc1cccc(CNC2CN3CCC2CC3)c1. The number of rotatable bonds is 3. The Morgan fingerprint density at radius 1 is 1.29 bits per heavy atom. The topological polar surface area (TPSA) is 35.5 Å². The number of nitrogens with zero attached hydrogens (tertiary/aromatic N) is 1. The molecule has 3 nitrogen and oxygen atoms in total. The minimum absolute atomic E-state index is 0.359. The smallest absolute Gasteiger partial charge is 0.115 e. The predicted molar refractivity (Wildman–Crippen MR) is 67.9 cm³/mol. The van der Waals surface area contributed by atoms with Crippen LogP contribution in [-0.4, -0.2) is 35.7 Å². The van der Waals surface area contributed by atoms with Crippen molar-refractivity contribution in [2.45, 2.75) is 25.4 Å². The van der Waals surface area contributed by atoms with Crippen LogP contribution in [0, 0.1) is 5.92 Å². The summed E-state index contributed by atoms with van der Waals surface area (Å²) in [7, 11) is 0. The molecule has 2 bridgehead atoms. The van der Waals surface area contributed by atoms with Crippen LogP contribution in [0.25, 0.3) is 0 Å². The summed E-state index contributed by atoms with van der Waals surface area (Å²) in [5, 5.41) is 13.1. The van der Waals surface area contributed by atoms with Crippen molar-refractivity contribution in [1.29, 1.82) is 0 Å². The lowest BCUT2D eigenvalue weighted by Gasteiger charge is -2.45. The summed E-state index contributed by atoms with van der Waals surface area (Å²) >= 11 is 0. The third-order valence-corrected chi connectivity index (χ3v) is 4.14. The van der Waals surface area contributed by atoms with Crippen molar-refractivity contribution < 1.29 is 5.11 Å². The molecule has 3 heterocycles. The molecule has 0 saturated carbocycles. The molecular formula is C14H20N2O. The number of piperidine rings is 3. The fourth-order valence-corrected chi connectivity index (χ4v) is 3.11. The molecule has 0 amide bonds. The predicted octanol–water partition coefficient (Wildman–Crippen LogP) is 1.58. The van der Waals surface area contributed by atoms with E-state index < -0.39 is 0 Å². The first-order valence-corrected chi connectivity index (χ1v) is 6.55. The van der Waals surface area contributed by atoms with E-state index in [1.54, 1.807) is 6.07 Å². The van der Waals surface area contributed by atoms with Crippen LogP contribution in [0.1, 0.15) is 18.4 Å². The largest absolute Gasteiger partial charge is 0.508 e. The van der Waals surface area contributed by atoms with Gasteiger partial charge in [-0.3, -0.25) is 0 Å². The van der Waals surface area contributed by atoms with E-state index >= 15 is 0 Å².